The topological polar surface area (TPSA) is 103 Å². The number of nitrogens with zero attached hydrogens (tertiary/aromatic N) is 8. The molecule has 0 aliphatic heterocycles. The van der Waals surface area contributed by atoms with Crippen LogP contribution >= 0.6 is 45.3 Å². The van der Waals surface area contributed by atoms with Crippen LogP contribution in [-0.4, -0.2) is 39.9 Å². The van der Waals surface area contributed by atoms with Gasteiger partial charge in [0.2, 0.25) is 0 Å². The highest BCUT2D eigenvalue weighted by Crippen LogP contribution is 2.48. The third kappa shape index (κ3) is 15.5. The summed E-state index contributed by atoms with van der Waals surface area (Å²) in [5, 5.41) is 4.60. The van der Waals surface area contributed by atoms with Crippen molar-refractivity contribution in [2.75, 3.05) is 0 Å². The molecule has 0 amide bonds. The van der Waals surface area contributed by atoms with Gasteiger partial charge < -0.3 is 0 Å². The lowest BCUT2D eigenvalue weighted by Crippen LogP contribution is -1.94. The Labute approximate surface area is 800 Å². The molecule has 8 heterocycles. The van der Waals surface area contributed by atoms with Crippen molar-refractivity contribution in [3.63, 3.8) is 0 Å². The SMILES string of the molecule is c1ccc(-c2cccc(-c3nc(-c4ccc(-c5ccc(-c6ccc(-c7nc(-c8cccc(-c9ccccc9)c8)c8sc9ccccc9c8n7)cc6)cc5)cc4)c4sc5ccccc5c4n3)c2)cc1.c1ccc(-c2cccc(-c3nc(-c4cccc(-c5cccc(-c6ccc(-c7nc(-c8cccc(-c9ccccc9)c8)c8sc9ccccc9c8n7)cc6)c5)c4)c4sc5ccccc5c4n3)c2)cc1. The van der Waals surface area contributed by atoms with E-state index in [9.17, 15) is 0 Å². The highest BCUT2D eigenvalue weighted by atomic mass is 32.1. The number of benzene rings is 18. The summed E-state index contributed by atoms with van der Waals surface area (Å²) in [5.74, 6) is 2.87. The highest BCUT2D eigenvalue weighted by Gasteiger charge is 2.25. The van der Waals surface area contributed by atoms with Crippen LogP contribution in [0.5, 0.6) is 0 Å². The fraction of sp³-hybridized carbons (Fsp3) is 0. The minimum Gasteiger partial charge on any atom is -0.226 e. The Morgan fingerprint density at radius 1 is 0.118 bits per heavy atom. The van der Waals surface area contributed by atoms with Crippen molar-refractivity contribution in [1.29, 1.82) is 0 Å². The maximum atomic E-state index is 5.36. The molecule has 0 fully saturated rings. The van der Waals surface area contributed by atoms with Crippen molar-refractivity contribution >= 4 is 127 Å². The molecule has 26 rings (SSSR count). The first-order chi connectivity index (χ1) is 67.3. The largest absolute Gasteiger partial charge is 0.226 e. The predicted molar refractivity (Wildman–Crippen MR) is 574 cm³/mol. The van der Waals surface area contributed by atoms with Gasteiger partial charge in [-0.2, -0.15) is 0 Å². The molecule has 0 spiro atoms. The molecule has 0 aliphatic rings. The molecule has 0 bridgehead atoms. The zero-order chi connectivity index (χ0) is 89.9. The van der Waals surface area contributed by atoms with Crippen molar-refractivity contribution in [3.8, 4) is 180 Å². The molecule has 0 saturated carbocycles. The quantitative estimate of drug-likeness (QED) is 0.0943. The standard InChI is InChI=1S/2C62H38N4S2/c1-3-15-39(16-4-1)44-20-12-24-48(36-44)55-59-57(51-27-7-9-29-53(51)67-59)65-61(63-55)42-33-31-41(32-34-42)43-19-11-22-46(35-43)47-23-13-25-49(37-47)56-60-58(52-28-8-10-30-54(52)68-60)66-62(64-56)50-26-14-21-45(38-50)40-17-5-2-6-18-40;1-3-13-39(14-4-1)47-17-11-19-49(37-47)56-60-58(52-22-8-10-24-54(52)68-60)65-61(64-56)46-35-31-44(32-36-46)42-27-25-41(26-28-42)43-29-33-45(34-30-43)55-59-57(51-21-7-9-23-53(51)67-59)66-62(63-55)50-20-12-18-48(38-50)40-15-5-2-6-16-40/h2*1-38H. The first-order valence-corrected chi connectivity index (χ1v) is 48.6. The van der Waals surface area contributed by atoms with Gasteiger partial charge >= 0.3 is 0 Å². The van der Waals surface area contributed by atoms with Crippen LogP contribution in [0.25, 0.3) is 261 Å². The Kier molecular flexibility index (Phi) is 20.9. The van der Waals surface area contributed by atoms with E-state index in [1.165, 1.54) is 35.5 Å². The van der Waals surface area contributed by atoms with E-state index in [1.807, 2.05) is 12.1 Å². The van der Waals surface area contributed by atoms with Crippen LogP contribution in [0.3, 0.4) is 0 Å². The van der Waals surface area contributed by atoms with Gasteiger partial charge in [-0.05, 0) is 150 Å². The fourth-order valence-corrected chi connectivity index (χ4v) is 23.2. The number of thiophene rings is 4. The molecule has 0 aliphatic carbocycles. The fourth-order valence-electron chi connectivity index (χ4n) is 18.6. The minimum absolute atomic E-state index is 0.711. The summed E-state index contributed by atoms with van der Waals surface area (Å²) in [5.41, 5.74) is 34.3. The van der Waals surface area contributed by atoms with Crippen molar-refractivity contribution in [1.82, 2.24) is 39.9 Å². The summed E-state index contributed by atoms with van der Waals surface area (Å²) < 4.78 is 9.19. The average Bonchev–Trinajstić information content (AvgIpc) is 1.60. The molecule has 636 valence electrons. The van der Waals surface area contributed by atoms with E-state index in [0.717, 1.165) is 214 Å². The molecule has 18 aromatic carbocycles. The monoisotopic (exact) mass is 1800 g/mol. The van der Waals surface area contributed by atoms with E-state index in [2.05, 4.69) is 449 Å². The van der Waals surface area contributed by atoms with Crippen LogP contribution < -0.4 is 0 Å². The van der Waals surface area contributed by atoms with Crippen LogP contribution in [0.15, 0.2) is 461 Å². The molecule has 136 heavy (non-hydrogen) atoms. The minimum atomic E-state index is 0.711. The van der Waals surface area contributed by atoms with Crippen molar-refractivity contribution in [2.24, 2.45) is 0 Å². The smallest absolute Gasteiger partial charge is 0.160 e. The van der Waals surface area contributed by atoms with E-state index >= 15 is 0 Å². The van der Waals surface area contributed by atoms with Gasteiger partial charge in [-0.1, -0.05) is 400 Å². The van der Waals surface area contributed by atoms with Crippen LogP contribution in [0.2, 0.25) is 0 Å². The molecule has 0 saturated heterocycles. The molecule has 0 radical (unpaired) electrons. The number of hydrogen-bond acceptors (Lipinski definition) is 12. The Bertz CT molecular complexity index is 9070. The molecule has 0 atom stereocenters. The third-order valence-electron chi connectivity index (χ3n) is 25.5. The zero-order valence-corrected chi connectivity index (χ0v) is 76.4. The lowest BCUT2D eigenvalue weighted by atomic mass is 9.96. The van der Waals surface area contributed by atoms with E-state index < -0.39 is 0 Å². The van der Waals surface area contributed by atoms with Gasteiger partial charge in [0.1, 0.15) is 0 Å². The van der Waals surface area contributed by atoms with Gasteiger partial charge in [-0.3, -0.25) is 0 Å². The second-order valence-corrected chi connectivity index (χ2v) is 38.2. The van der Waals surface area contributed by atoms with Crippen LogP contribution in [0.4, 0.5) is 0 Å². The Morgan fingerprint density at radius 3 is 0.559 bits per heavy atom. The summed E-state index contributed by atoms with van der Waals surface area (Å²) in [7, 11) is 0. The third-order valence-corrected chi connectivity index (χ3v) is 30.1. The van der Waals surface area contributed by atoms with Crippen LogP contribution in [-0.2, 0) is 0 Å². The second kappa shape index (κ2) is 35.0. The van der Waals surface area contributed by atoms with Gasteiger partial charge in [0.05, 0.1) is 63.6 Å². The summed E-state index contributed by atoms with van der Waals surface area (Å²) in [6.07, 6.45) is 0. The number of fused-ring (bicyclic) bond motifs is 12. The first-order valence-electron chi connectivity index (χ1n) is 45.4. The van der Waals surface area contributed by atoms with Gasteiger partial charge in [0, 0.05) is 84.9 Å². The molecule has 8 nitrogen and oxygen atoms in total. The summed E-state index contributed by atoms with van der Waals surface area (Å²) in [6.45, 7) is 0. The van der Waals surface area contributed by atoms with Crippen molar-refractivity contribution < 1.29 is 0 Å². The molecule has 12 heteroatoms. The molecule has 0 unspecified atom stereocenters. The summed E-state index contributed by atoms with van der Waals surface area (Å²) in [6, 6.07) is 163. The van der Waals surface area contributed by atoms with Crippen molar-refractivity contribution in [2.45, 2.75) is 0 Å². The van der Waals surface area contributed by atoms with Gasteiger partial charge in [0.25, 0.3) is 0 Å². The van der Waals surface area contributed by atoms with E-state index in [0.29, 0.717) is 11.6 Å². The summed E-state index contributed by atoms with van der Waals surface area (Å²) in [4.78, 5) is 42.2. The maximum absolute atomic E-state index is 5.36. The Hall–Kier alpha value is -16.8. The predicted octanol–water partition coefficient (Wildman–Crippen LogP) is 34.7. The van der Waals surface area contributed by atoms with E-state index in [-0.39, 0.29) is 0 Å². The number of aromatic nitrogens is 8. The number of rotatable bonds is 16. The van der Waals surface area contributed by atoms with Gasteiger partial charge in [0.15, 0.2) is 23.3 Å². The van der Waals surface area contributed by atoms with E-state index in [1.54, 1.807) is 45.3 Å². The lowest BCUT2D eigenvalue weighted by molar-refractivity contribution is 1.24. The maximum Gasteiger partial charge on any atom is 0.160 e. The van der Waals surface area contributed by atoms with Gasteiger partial charge in [-0.15, -0.1) is 45.3 Å². The van der Waals surface area contributed by atoms with Crippen LogP contribution in [0.1, 0.15) is 0 Å². The second-order valence-electron chi connectivity index (χ2n) is 33.9. The number of hydrogen-bond donors (Lipinski definition) is 0. The normalized spacial score (nSPS) is 11.5. The molecule has 8 aromatic heterocycles. The van der Waals surface area contributed by atoms with Crippen molar-refractivity contribution in [3.05, 3.63) is 461 Å². The molecule has 26 aromatic rings. The molecule has 0 N–H and O–H groups in total. The molecular formula is C124H76N8S4. The van der Waals surface area contributed by atoms with Crippen LogP contribution in [0, 0.1) is 0 Å². The first kappa shape index (κ1) is 81.2. The zero-order valence-electron chi connectivity index (χ0n) is 73.1. The highest BCUT2D eigenvalue weighted by molar-refractivity contribution is 7.27. The summed E-state index contributed by atoms with van der Waals surface area (Å²) >= 11 is 7.02. The van der Waals surface area contributed by atoms with E-state index in [4.69, 9.17) is 39.9 Å². The Morgan fingerprint density at radius 2 is 0.287 bits per heavy atom. The lowest BCUT2D eigenvalue weighted by Gasteiger charge is -2.11. The Balaban J connectivity index is 0.000000145. The average molecular weight is 1810 g/mol. The van der Waals surface area contributed by atoms with Gasteiger partial charge in [-0.25, -0.2) is 39.9 Å². The molecular weight excluding hydrogens is 1730 g/mol.